The number of ether oxygens (including phenoxy) is 1. The molecule has 1 aliphatic rings. The van der Waals surface area contributed by atoms with Crippen molar-refractivity contribution in [3.8, 4) is 11.5 Å². The van der Waals surface area contributed by atoms with Crippen LogP contribution >= 0.6 is 23.2 Å². The molecule has 0 saturated carbocycles. The number of benzene rings is 5. The fourth-order valence-electron chi connectivity index (χ4n) is 6.94. The Bertz CT molecular complexity index is 2480. The van der Waals surface area contributed by atoms with Crippen LogP contribution in [0.15, 0.2) is 89.8 Å². The van der Waals surface area contributed by atoms with Crippen molar-refractivity contribution >= 4 is 83.9 Å². The predicted octanol–water partition coefficient (Wildman–Crippen LogP) is 9.60. The molecule has 1 aliphatic heterocycles. The Morgan fingerprint density at radius 3 is 2.21 bits per heavy atom. The van der Waals surface area contributed by atoms with Crippen LogP contribution in [-0.2, 0) is 20.2 Å². The molecule has 53 heavy (non-hydrogen) atoms. The fraction of sp³-hybridized carbons (Fsp3) is 0.250. The Morgan fingerprint density at radius 2 is 1.55 bits per heavy atom. The smallest absolute Gasteiger partial charge is 0.242 e. The lowest BCUT2D eigenvalue weighted by Crippen LogP contribution is -2.44. The third-order valence-electron chi connectivity index (χ3n) is 9.50. The number of aromatic amines is 1. The van der Waals surface area contributed by atoms with Crippen LogP contribution in [0.2, 0.25) is 10.0 Å². The minimum absolute atomic E-state index is 0.0229. The average molecular weight is 772 g/mol. The van der Waals surface area contributed by atoms with Gasteiger partial charge < -0.3 is 25.3 Å². The van der Waals surface area contributed by atoms with Gasteiger partial charge in [0.1, 0.15) is 6.04 Å². The lowest BCUT2D eigenvalue weighted by molar-refractivity contribution is -0.118. The summed E-state index contributed by atoms with van der Waals surface area (Å²) >= 11 is 13.4. The van der Waals surface area contributed by atoms with Crippen molar-refractivity contribution in [3.05, 3.63) is 106 Å². The van der Waals surface area contributed by atoms with E-state index in [4.69, 9.17) is 27.9 Å². The zero-order chi connectivity index (χ0) is 37.8. The average Bonchev–Trinajstić information content (AvgIpc) is 3.50. The number of para-hydroxylation sites is 2. The number of carbonyl (C=O) groups is 1. The van der Waals surface area contributed by atoms with Crippen molar-refractivity contribution in [2.45, 2.75) is 50.5 Å². The van der Waals surface area contributed by atoms with Crippen LogP contribution in [0.4, 0.5) is 23.0 Å². The summed E-state index contributed by atoms with van der Waals surface area (Å²) in [6.45, 7) is 7.92. The van der Waals surface area contributed by atoms with Crippen molar-refractivity contribution < 1.29 is 17.9 Å². The summed E-state index contributed by atoms with van der Waals surface area (Å²) in [6, 6.07) is 24.3. The zero-order valence-corrected chi connectivity index (χ0v) is 32.5. The van der Waals surface area contributed by atoms with Crippen LogP contribution < -0.4 is 25.0 Å². The number of hydrogen-bond donors (Lipinski definition) is 4. The van der Waals surface area contributed by atoms with E-state index in [9.17, 15) is 13.2 Å². The van der Waals surface area contributed by atoms with E-state index in [1.807, 2.05) is 101 Å². The van der Waals surface area contributed by atoms with E-state index in [0.717, 1.165) is 33.2 Å². The number of H-pyrrole nitrogens is 1. The molecule has 1 atom stereocenters. The molecule has 4 N–H and O–H groups in total. The van der Waals surface area contributed by atoms with E-state index in [-0.39, 0.29) is 17.2 Å². The van der Waals surface area contributed by atoms with Gasteiger partial charge in [0.05, 0.1) is 27.3 Å². The van der Waals surface area contributed by atoms with E-state index in [2.05, 4.69) is 25.3 Å². The molecule has 1 aromatic heterocycles. The maximum atomic E-state index is 14.3. The number of sulfonamides is 1. The van der Waals surface area contributed by atoms with Gasteiger partial charge in [-0.15, -0.1) is 0 Å². The van der Waals surface area contributed by atoms with Crippen molar-refractivity contribution in [2.24, 2.45) is 5.92 Å². The first kappa shape index (κ1) is 36.5. The van der Waals surface area contributed by atoms with Gasteiger partial charge in [0.15, 0.2) is 11.5 Å². The third-order valence-corrected chi connectivity index (χ3v) is 11.4. The standard InChI is InChI=1S/C40H40Cl2N6O4S/c1-22(2)17-32(47-53(50,51)34-16-10-12-23-11-9-15-33(35(23)34)48(5)6)38(49)43-30-20-24(41)18-26-36(30)52-37-27(40(26,3)4)19-25(42)21-31(37)46-39-44-28-13-7-8-14-29(28)45-39/h7-16,18-22,32,47H,17H2,1-6H3,(H,43,49)(H2,44,45,46)/t32-/m0/s1. The number of hydrogen-bond acceptors (Lipinski definition) is 7. The number of carbonyl (C=O) groups excluding carboxylic acids is 1. The first-order valence-electron chi connectivity index (χ1n) is 17.2. The second kappa shape index (κ2) is 13.9. The first-order valence-corrected chi connectivity index (χ1v) is 19.5. The van der Waals surface area contributed by atoms with Crippen LogP contribution in [0.3, 0.4) is 0 Å². The van der Waals surface area contributed by atoms with Crippen molar-refractivity contribution in [1.82, 2.24) is 14.7 Å². The van der Waals surface area contributed by atoms with Gasteiger partial charge in [0.25, 0.3) is 0 Å². The van der Waals surface area contributed by atoms with E-state index < -0.39 is 27.4 Å². The number of anilines is 4. The van der Waals surface area contributed by atoms with Gasteiger partial charge in [0, 0.05) is 51.8 Å². The Labute approximate surface area is 318 Å². The monoisotopic (exact) mass is 770 g/mol. The highest BCUT2D eigenvalue weighted by Crippen LogP contribution is 2.55. The lowest BCUT2D eigenvalue weighted by Gasteiger charge is -2.37. The molecule has 0 unspecified atom stereocenters. The molecule has 0 bridgehead atoms. The first-order chi connectivity index (χ1) is 25.1. The summed E-state index contributed by atoms with van der Waals surface area (Å²) in [6.07, 6.45) is 0.234. The Hall–Kier alpha value is -4.81. The second-order valence-corrected chi connectivity index (χ2v) is 17.0. The minimum Gasteiger partial charge on any atom is -0.452 e. The maximum Gasteiger partial charge on any atom is 0.242 e. The van der Waals surface area contributed by atoms with Gasteiger partial charge in [-0.05, 0) is 66.3 Å². The van der Waals surface area contributed by atoms with Crippen LogP contribution in [0.25, 0.3) is 21.8 Å². The topological polar surface area (TPSA) is 128 Å². The van der Waals surface area contributed by atoms with E-state index in [0.29, 0.717) is 44.3 Å². The fourth-order valence-corrected chi connectivity index (χ4v) is 8.83. The summed E-state index contributed by atoms with van der Waals surface area (Å²) in [5.41, 5.74) is 4.11. The highest BCUT2D eigenvalue weighted by Gasteiger charge is 2.39. The molecule has 7 rings (SSSR count). The maximum absolute atomic E-state index is 14.3. The largest absolute Gasteiger partial charge is 0.452 e. The van der Waals surface area contributed by atoms with Crippen LogP contribution in [0.1, 0.15) is 45.2 Å². The van der Waals surface area contributed by atoms with E-state index in [1.165, 1.54) is 0 Å². The highest BCUT2D eigenvalue weighted by molar-refractivity contribution is 7.89. The number of rotatable bonds is 10. The normalized spacial score (nSPS) is 14.1. The Morgan fingerprint density at radius 1 is 0.906 bits per heavy atom. The highest BCUT2D eigenvalue weighted by atomic mass is 35.5. The number of fused-ring (bicyclic) bond motifs is 4. The van der Waals surface area contributed by atoms with Gasteiger partial charge in [-0.1, -0.05) is 87.3 Å². The molecule has 13 heteroatoms. The van der Waals surface area contributed by atoms with Crippen LogP contribution in [-0.4, -0.2) is 44.4 Å². The molecule has 0 aliphatic carbocycles. The molecule has 6 aromatic rings. The van der Waals surface area contributed by atoms with E-state index >= 15 is 0 Å². The Balaban J connectivity index is 1.25. The molecular formula is C40H40Cl2N6O4S. The summed E-state index contributed by atoms with van der Waals surface area (Å²) in [4.78, 5) is 24.1. The SMILES string of the molecule is CC(C)C[C@H](NS(=O)(=O)c1cccc2cccc(N(C)C)c12)C(=O)Nc1cc(Cl)cc2c1Oc1c(Nc3nc4ccccc4[nH]3)cc(Cl)cc1C2(C)C. The predicted molar refractivity (Wildman–Crippen MR) is 215 cm³/mol. The van der Waals surface area contributed by atoms with Crippen molar-refractivity contribution in [1.29, 1.82) is 0 Å². The van der Waals surface area contributed by atoms with Gasteiger partial charge in [-0.25, -0.2) is 13.4 Å². The molecule has 274 valence electrons. The van der Waals surface area contributed by atoms with Crippen molar-refractivity contribution in [2.75, 3.05) is 29.6 Å². The quantitative estimate of drug-likeness (QED) is 0.109. The molecule has 0 radical (unpaired) electrons. The molecule has 0 spiro atoms. The molecule has 0 fully saturated rings. The number of halogens is 2. The van der Waals surface area contributed by atoms with E-state index in [1.54, 1.807) is 30.3 Å². The van der Waals surface area contributed by atoms with Gasteiger partial charge in [-0.2, -0.15) is 4.72 Å². The minimum atomic E-state index is -4.18. The van der Waals surface area contributed by atoms with Gasteiger partial charge in [0.2, 0.25) is 21.9 Å². The molecule has 1 amide bonds. The van der Waals surface area contributed by atoms with Crippen LogP contribution in [0.5, 0.6) is 11.5 Å². The lowest BCUT2D eigenvalue weighted by atomic mass is 9.75. The number of aromatic nitrogens is 2. The van der Waals surface area contributed by atoms with Crippen LogP contribution in [0, 0.1) is 5.92 Å². The summed E-state index contributed by atoms with van der Waals surface area (Å²) < 4.78 is 37.7. The summed E-state index contributed by atoms with van der Waals surface area (Å²) in [5, 5.41) is 8.51. The Kier molecular flexibility index (Phi) is 9.57. The number of nitrogens with one attached hydrogen (secondary N) is 4. The molecular weight excluding hydrogens is 731 g/mol. The number of nitrogens with zero attached hydrogens (tertiary/aromatic N) is 2. The van der Waals surface area contributed by atoms with Gasteiger partial charge in [-0.3, -0.25) is 4.79 Å². The summed E-state index contributed by atoms with van der Waals surface area (Å²) in [5.74, 6) is 0.803. The summed E-state index contributed by atoms with van der Waals surface area (Å²) in [7, 11) is -0.460. The molecule has 0 saturated heterocycles. The molecule has 5 aromatic carbocycles. The third kappa shape index (κ3) is 7.02. The van der Waals surface area contributed by atoms with Gasteiger partial charge >= 0.3 is 0 Å². The second-order valence-electron chi connectivity index (χ2n) is 14.4. The zero-order valence-electron chi connectivity index (χ0n) is 30.1. The number of amides is 1. The van der Waals surface area contributed by atoms with Crippen molar-refractivity contribution in [3.63, 3.8) is 0 Å². The molecule has 2 heterocycles. The molecule has 10 nitrogen and oxygen atoms in total. The number of imidazole rings is 1.